The molecule has 2 rings (SSSR count). The molecule has 1 aliphatic carbocycles. The van der Waals surface area contributed by atoms with Gasteiger partial charge in [0.05, 0.1) is 0 Å². The summed E-state index contributed by atoms with van der Waals surface area (Å²) in [5.41, 5.74) is -2.43. The number of hydrogen-bond donors (Lipinski definition) is 1. The Hall–Kier alpha value is -0.740. The molecule has 16 heavy (non-hydrogen) atoms. The molecule has 1 N–H and O–H groups in total. The molecule has 1 unspecified atom stereocenters. The van der Waals surface area contributed by atoms with E-state index in [0.717, 1.165) is 0 Å². The normalized spacial score (nSPS) is 25.3. The number of halogens is 4. The van der Waals surface area contributed by atoms with Crippen LogP contribution >= 0.6 is 11.6 Å². The molecule has 0 amide bonds. The van der Waals surface area contributed by atoms with Gasteiger partial charge in [0.25, 0.3) is 0 Å². The first kappa shape index (κ1) is 11.7. The molecule has 0 aliphatic heterocycles. The highest BCUT2D eigenvalue weighted by Crippen LogP contribution is 2.47. The van der Waals surface area contributed by atoms with Gasteiger partial charge in [-0.25, -0.2) is 0 Å². The number of aliphatic hydroxyl groups is 1. The van der Waals surface area contributed by atoms with Gasteiger partial charge in [-0.2, -0.15) is 13.2 Å². The summed E-state index contributed by atoms with van der Waals surface area (Å²) in [4.78, 5) is 0. The van der Waals surface area contributed by atoms with Crippen LogP contribution in [0.5, 0.6) is 0 Å². The standard InChI is InChI=1S/C11H10ClF3O/c12-9-5-1-4-8-7(9)3-2-6-10(8,16)11(13,14)15/h1,4-5,16H,2-3,6H2. The van der Waals surface area contributed by atoms with Crippen LogP contribution in [0.15, 0.2) is 18.2 Å². The highest BCUT2D eigenvalue weighted by Gasteiger charge is 2.56. The van der Waals surface area contributed by atoms with Gasteiger partial charge < -0.3 is 5.11 Å². The average molecular weight is 251 g/mol. The van der Waals surface area contributed by atoms with Crippen molar-refractivity contribution in [2.24, 2.45) is 0 Å². The largest absolute Gasteiger partial charge is 0.421 e. The highest BCUT2D eigenvalue weighted by molar-refractivity contribution is 6.31. The lowest BCUT2D eigenvalue weighted by atomic mass is 9.78. The lowest BCUT2D eigenvalue weighted by Crippen LogP contribution is -2.44. The van der Waals surface area contributed by atoms with E-state index in [1.54, 1.807) is 6.07 Å². The van der Waals surface area contributed by atoms with Crippen LogP contribution in [-0.4, -0.2) is 11.3 Å². The summed E-state index contributed by atoms with van der Waals surface area (Å²) in [6.07, 6.45) is -4.20. The van der Waals surface area contributed by atoms with Crippen LogP contribution in [0, 0.1) is 0 Å². The molecule has 1 aromatic carbocycles. The Bertz CT molecular complexity index is 416. The van der Waals surface area contributed by atoms with Gasteiger partial charge in [0.15, 0.2) is 5.60 Å². The highest BCUT2D eigenvalue weighted by atomic mass is 35.5. The second-order valence-corrected chi connectivity index (χ2v) is 4.38. The lowest BCUT2D eigenvalue weighted by Gasteiger charge is -2.36. The predicted octanol–water partition coefficient (Wildman–Crippen LogP) is 3.43. The Kier molecular flexibility index (Phi) is 2.67. The molecular weight excluding hydrogens is 241 g/mol. The third kappa shape index (κ3) is 1.60. The Morgan fingerprint density at radius 3 is 2.62 bits per heavy atom. The van der Waals surface area contributed by atoms with E-state index in [1.807, 2.05) is 0 Å². The molecule has 88 valence electrons. The summed E-state index contributed by atoms with van der Waals surface area (Å²) in [6, 6.07) is 4.28. The first-order valence-corrected chi connectivity index (χ1v) is 5.31. The van der Waals surface area contributed by atoms with Gasteiger partial charge >= 0.3 is 6.18 Å². The van der Waals surface area contributed by atoms with E-state index >= 15 is 0 Å². The molecule has 0 heterocycles. The first-order chi connectivity index (χ1) is 7.36. The van der Waals surface area contributed by atoms with Crippen LogP contribution in [0.2, 0.25) is 5.02 Å². The predicted molar refractivity (Wildman–Crippen MR) is 54.3 cm³/mol. The van der Waals surface area contributed by atoms with E-state index in [9.17, 15) is 18.3 Å². The molecule has 0 spiro atoms. The van der Waals surface area contributed by atoms with Gasteiger partial charge in [0, 0.05) is 5.02 Å². The Balaban J connectivity index is 2.61. The van der Waals surface area contributed by atoms with Crippen molar-refractivity contribution < 1.29 is 18.3 Å². The summed E-state index contributed by atoms with van der Waals surface area (Å²) >= 11 is 5.84. The monoisotopic (exact) mass is 250 g/mol. The quantitative estimate of drug-likeness (QED) is 0.748. The van der Waals surface area contributed by atoms with Gasteiger partial charge in [-0.1, -0.05) is 23.7 Å². The number of rotatable bonds is 0. The molecule has 1 nitrogen and oxygen atoms in total. The molecule has 0 fully saturated rings. The minimum Gasteiger partial charge on any atom is -0.376 e. The van der Waals surface area contributed by atoms with Crippen molar-refractivity contribution >= 4 is 11.6 Å². The zero-order chi connectivity index (χ0) is 12.0. The third-order valence-electron chi connectivity index (χ3n) is 3.00. The molecule has 5 heteroatoms. The second-order valence-electron chi connectivity index (χ2n) is 3.98. The number of fused-ring (bicyclic) bond motifs is 1. The summed E-state index contributed by atoms with van der Waals surface area (Å²) < 4.78 is 38.5. The maximum atomic E-state index is 12.8. The van der Waals surface area contributed by atoms with Gasteiger partial charge in [0.1, 0.15) is 0 Å². The maximum Gasteiger partial charge on any atom is 0.421 e. The van der Waals surface area contributed by atoms with Crippen LogP contribution in [0.3, 0.4) is 0 Å². The fourth-order valence-corrected chi connectivity index (χ4v) is 2.42. The van der Waals surface area contributed by atoms with E-state index in [4.69, 9.17) is 11.6 Å². The molecule has 0 bridgehead atoms. The molecule has 1 atom stereocenters. The van der Waals surface area contributed by atoms with Crippen molar-refractivity contribution in [3.8, 4) is 0 Å². The van der Waals surface area contributed by atoms with E-state index in [-0.39, 0.29) is 18.4 Å². The molecule has 1 aliphatic rings. The minimum absolute atomic E-state index is 0.0984. The molecule has 0 radical (unpaired) electrons. The molecule has 0 saturated carbocycles. The average Bonchev–Trinajstić information content (AvgIpc) is 2.18. The smallest absolute Gasteiger partial charge is 0.376 e. The zero-order valence-corrected chi connectivity index (χ0v) is 9.07. The molecule has 1 aromatic rings. The first-order valence-electron chi connectivity index (χ1n) is 4.93. The van der Waals surface area contributed by atoms with Crippen molar-refractivity contribution in [2.75, 3.05) is 0 Å². The van der Waals surface area contributed by atoms with Gasteiger partial charge in [0.2, 0.25) is 0 Å². The van der Waals surface area contributed by atoms with Crippen molar-refractivity contribution in [1.82, 2.24) is 0 Å². The maximum absolute atomic E-state index is 12.8. The van der Waals surface area contributed by atoms with Crippen LogP contribution < -0.4 is 0 Å². The molecular formula is C11H10ClF3O. The van der Waals surface area contributed by atoms with Crippen molar-refractivity contribution in [2.45, 2.75) is 31.0 Å². The Morgan fingerprint density at radius 2 is 2.00 bits per heavy atom. The van der Waals surface area contributed by atoms with Crippen LogP contribution in [0.4, 0.5) is 13.2 Å². The van der Waals surface area contributed by atoms with Gasteiger partial charge in [-0.3, -0.25) is 0 Å². The Labute approximate surface area is 95.8 Å². The van der Waals surface area contributed by atoms with Gasteiger partial charge in [-0.15, -0.1) is 0 Å². The second kappa shape index (κ2) is 3.64. The zero-order valence-electron chi connectivity index (χ0n) is 8.31. The molecule has 0 aromatic heterocycles. The number of benzene rings is 1. The summed E-state index contributed by atoms with van der Waals surface area (Å²) in [7, 11) is 0. The van der Waals surface area contributed by atoms with Crippen molar-refractivity contribution in [1.29, 1.82) is 0 Å². The summed E-state index contributed by atoms with van der Waals surface area (Å²) in [6.45, 7) is 0. The number of hydrogen-bond acceptors (Lipinski definition) is 1. The lowest BCUT2D eigenvalue weighted by molar-refractivity contribution is -0.271. The summed E-state index contributed by atoms with van der Waals surface area (Å²) in [5.74, 6) is 0. The fraction of sp³-hybridized carbons (Fsp3) is 0.455. The number of alkyl halides is 3. The van der Waals surface area contributed by atoms with Crippen molar-refractivity contribution in [3.05, 3.63) is 34.3 Å². The Morgan fingerprint density at radius 1 is 1.31 bits per heavy atom. The topological polar surface area (TPSA) is 20.2 Å². The van der Waals surface area contributed by atoms with Crippen LogP contribution in [0.1, 0.15) is 24.0 Å². The molecule has 0 saturated heterocycles. The van der Waals surface area contributed by atoms with Crippen LogP contribution in [0.25, 0.3) is 0 Å². The van der Waals surface area contributed by atoms with E-state index in [0.29, 0.717) is 17.0 Å². The summed E-state index contributed by atoms with van der Waals surface area (Å²) in [5, 5.41) is 10.1. The van der Waals surface area contributed by atoms with E-state index in [2.05, 4.69) is 0 Å². The van der Waals surface area contributed by atoms with Crippen molar-refractivity contribution in [3.63, 3.8) is 0 Å². The third-order valence-corrected chi connectivity index (χ3v) is 3.35. The SMILES string of the molecule is OC1(C(F)(F)F)CCCc2c(Cl)cccc21. The minimum atomic E-state index is -4.66. The van der Waals surface area contributed by atoms with E-state index in [1.165, 1.54) is 12.1 Å². The van der Waals surface area contributed by atoms with Crippen LogP contribution in [-0.2, 0) is 12.0 Å². The van der Waals surface area contributed by atoms with Gasteiger partial charge in [-0.05, 0) is 36.5 Å². The van der Waals surface area contributed by atoms with E-state index < -0.39 is 11.8 Å². The fourth-order valence-electron chi connectivity index (χ4n) is 2.15.